The number of benzene rings is 1. The summed E-state index contributed by atoms with van der Waals surface area (Å²) in [5.41, 5.74) is 1.64. The smallest absolute Gasteiger partial charge is 0.224 e. The lowest BCUT2D eigenvalue weighted by atomic mass is 9.80. The van der Waals surface area contributed by atoms with Crippen LogP contribution in [0.1, 0.15) is 31.7 Å². The normalized spacial score (nSPS) is 21.8. The third kappa shape index (κ3) is 3.70. The number of anilines is 1. The fourth-order valence-corrected chi connectivity index (χ4v) is 2.46. The summed E-state index contributed by atoms with van der Waals surface area (Å²) >= 11 is 0. The van der Waals surface area contributed by atoms with Crippen molar-refractivity contribution in [1.82, 2.24) is 0 Å². The quantitative estimate of drug-likeness (QED) is 0.803. The van der Waals surface area contributed by atoms with E-state index in [-0.39, 0.29) is 11.7 Å². The number of carbonyl (C=O) groups excluding carboxylic acids is 1. The predicted octanol–water partition coefficient (Wildman–Crippen LogP) is 2.84. The summed E-state index contributed by atoms with van der Waals surface area (Å²) in [6, 6.07) is 4.95. The number of aryl methyl sites for hydroxylation is 1. The molecule has 1 fully saturated rings. The van der Waals surface area contributed by atoms with E-state index in [2.05, 4.69) is 5.32 Å². The van der Waals surface area contributed by atoms with E-state index < -0.39 is 0 Å². The van der Waals surface area contributed by atoms with Gasteiger partial charge in [-0.3, -0.25) is 4.79 Å². The Morgan fingerprint density at radius 3 is 2.84 bits per heavy atom. The highest BCUT2D eigenvalue weighted by Gasteiger charge is 2.31. The maximum Gasteiger partial charge on any atom is 0.224 e. The molecule has 0 aliphatic heterocycles. The number of carbonyl (C=O) groups is 1. The third-order valence-corrected chi connectivity index (χ3v) is 3.55. The van der Waals surface area contributed by atoms with Crippen molar-refractivity contribution in [2.45, 2.75) is 39.2 Å². The first-order valence-corrected chi connectivity index (χ1v) is 6.79. The fraction of sp³-hybridized carbons (Fsp3) is 0.533. The summed E-state index contributed by atoms with van der Waals surface area (Å²) in [4.78, 5) is 11.9. The average molecular weight is 263 g/mol. The van der Waals surface area contributed by atoms with Gasteiger partial charge in [-0.1, -0.05) is 0 Å². The van der Waals surface area contributed by atoms with Crippen molar-refractivity contribution in [3.8, 4) is 5.75 Å². The van der Waals surface area contributed by atoms with E-state index in [1.807, 2.05) is 13.8 Å². The second-order valence-electron chi connectivity index (χ2n) is 5.17. The van der Waals surface area contributed by atoms with Crippen molar-refractivity contribution in [3.63, 3.8) is 0 Å². The molecule has 2 rings (SSSR count). The van der Waals surface area contributed by atoms with Gasteiger partial charge >= 0.3 is 0 Å². The second-order valence-corrected chi connectivity index (χ2v) is 5.17. The highest BCUT2D eigenvalue weighted by molar-refractivity contribution is 5.91. The molecule has 0 atom stereocenters. The van der Waals surface area contributed by atoms with Gasteiger partial charge in [0.1, 0.15) is 5.75 Å². The van der Waals surface area contributed by atoms with E-state index >= 15 is 0 Å². The van der Waals surface area contributed by atoms with E-state index in [1.165, 1.54) is 0 Å². The van der Waals surface area contributed by atoms with Crippen molar-refractivity contribution >= 4 is 11.6 Å². The van der Waals surface area contributed by atoms with Crippen LogP contribution < -0.4 is 5.32 Å². The minimum Gasteiger partial charge on any atom is -0.508 e. The van der Waals surface area contributed by atoms with E-state index in [0.29, 0.717) is 18.4 Å². The van der Waals surface area contributed by atoms with Crippen molar-refractivity contribution in [2.24, 2.45) is 5.92 Å². The predicted molar refractivity (Wildman–Crippen MR) is 74.2 cm³/mol. The average Bonchev–Trinajstić information content (AvgIpc) is 2.30. The molecule has 1 aliphatic carbocycles. The van der Waals surface area contributed by atoms with Crippen LogP contribution in [0.2, 0.25) is 0 Å². The molecule has 19 heavy (non-hydrogen) atoms. The van der Waals surface area contributed by atoms with Crippen LogP contribution in [-0.2, 0) is 9.53 Å². The molecule has 1 aromatic carbocycles. The van der Waals surface area contributed by atoms with Gasteiger partial charge in [-0.15, -0.1) is 0 Å². The monoisotopic (exact) mass is 263 g/mol. The van der Waals surface area contributed by atoms with Crippen molar-refractivity contribution < 1.29 is 14.6 Å². The summed E-state index contributed by atoms with van der Waals surface area (Å²) in [6.07, 6.45) is 2.86. The molecule has 0 unspecified atom stereocenters. The molecule has 104 valence electrons. The molecule has 0 spiro atoms. The van der Waals surface area contributed by atoms with Gasteiger partial charge in [0.25, 0.3) is 0 Å². The Balaban J connectivity index is 1.79. The summed E-state index contributed by atoms with van der Waals surface area (Å²) in [6.45, 7) is 4.60. The van der Waals surface area contributed by atoms with Crippen LogP contribution in [0.4, 0.5) is 5.69 Å². The number of rotatable bonds is 5. The zero-order valence-electron chi connectivity index (χ0n) is 11.5. The first kappa shape index (κ1) is 13.9. The first-order valence-electron chi connectivity index (χ1n) is 6.79. The minimum atomic E-state index is 0.0359. The topological polar surface area (TPSA) is 58.6 Å². The van der Waals surface area contributed by atoms with E-state index in [4.69, 9.17) is 4.74 Å². The van der Waals surface area contributed by atoms with Gasteiger partial charge in [-0.2, -0.15) is 0 Å². The van der Waals surface area contributed by atoms with Gasteiger partial charge in [0.05, 0.1) is 6.10 Å². The molecule has 0 saturated heterocycles. The van der Waals surface area contributed by atoms with Crippen LogP contribution in [0.15, 0.2) is 18.2 Å². The molecule has 0 radical (unpaired) electrons. The third-order valence-electron chi connectivity index (χ3n) is 3.55. The lowest BCUT2D eigenvalue weighted by Crippen LogP contribution is -2.33. The molecular weight excluding hydrogens is 242 g/mol. The molecular formula is C15H21NO3. The Labute approximate surface area is 113 Å². The zero-order chi connectivity index (χ0) is 13.8. The van der Waals surface area contributed by atoms with Gasteiger partial charge in [-0.25, -0.2) is 0 Å². The summed E-state index contributed by atoms with van der Waals surface area (Å²) in [7, 11) is 0. The Morgan fingerprint density at radius 2 is 2.21 bits per heavy atom. The van der Waals surface area contributed by atoms with Crippen molar-refractivity contribution in [2.75, 3.05) is 11.9 Å². The number of hydrogen-bond acceptors (Lipinski definition) is 3. The molecule has 0 heterocycles. The van der Waals surface area contributed by atoms with Crippen molar-refractivity contribution in [3.05, 3.63) is 23.8 Å². The molecule has 1 aliphatic rings. The molecule has 1 aromatic rings. The summed E-state index contributed by atoms with van der Waals surface area (Å²) < 4.78 is 5.48. The zero-order valence-corrected chi connectivity index (χ0v) is 11.5. The minimum absolute atomic E-state index is 0.0359. The molecule has 1 amide bonds. The molecule has 0 bridgehead atoms. The highest BCUT2D eigenvalue weighted by Crippen LogP contribution is 2.33. The molecule has 4 nitrogen and oxygen atoms in total. The lowest BCUT2D eigenvalue weighted by molar-refractivity contribution is -0.119. The van der Waals surface area contributed by atoms with Crippen molar-refractivity contribution in [1.29, 1.82) is 0 Å². The van der Waals surface area contributed by atoms with Crippen LogP contribution in [0.3, 0.4) is 0 Å². The van der Waals surface area contributed by atoms with E-state index in [0.717, 1.165) is 30.7 Å². The number of hydrogen-bond donors (Lipinski definition) is 2. The number of aromatic hydroxyl groups is 1. The number of amides is 1. The Morgan fingerprint density at radius 1 is 1.47 bits per heavy atom. The largest absolute Gasteiger partial charge is 0.508 e. The van der Waals surface area contributed by atoms with E-state index in [1.54, 1.807) is 18.2 Å². The van der Waals surface area contributed by atoms with Gasteiger partial charge in [0, 0.05) is 18.7 Å². The molecule has 1 saturated carbocycles. The van der Waals surface area contributed by atoms with Gasteiger partial charge < -0.3 is 15.2 Å². The number of phenolic OH excluding ortho intramolecular Hbond substituents is 1. The van der Waals surface area contributed by atoms with Crippen LogP contribution in [-0.4, -0.2) is 23.7 Å². The van der Waals surface area contributed by atoms with E-state index in [9.17, 15) is 9.90 Å². The molecule has 0 aromatic heterocycles. The Kier molecular flexibility index (Phi) is 4.43. The first-order chi connectivity index (χ1) is 9.08. The van der Waals surface area contributed by atoms with Gasteiger partial charge in [0.15, 0.2) is 0 Å². The maximum absolute atomic E-state index is 11.9. The highest BCUT2D eigenvalue weighted by atomic mass is 16.5. The summed E-state index contributed by atoms with van der Waals surface area (Å²) in [5.74, 6) is 0.691. The van der Waals surface area contributed by atoms with Crippen LogP contribution in [0, 0.1) is 12.8 Å². The number of phenols is 1. The lowest BCUT2D eigenvalue weighted by Gasteiger charge is -2.34. The molecule has 4 heteroatoms. The Bertz CT molecular complexity index is 453. The van der Waals surface area contributed by atoms with Crippen LogP contribution >= 0.6 is 0 Å². The second kappa shape index (κ2) is 6.06. The van der Waals surface area contributed by atoms with Gasteiger partial charge in [-0.05, 0) is 56.4 Å². The molecule has 2 N–H and O–H groups in total. The number of ether oxygens (including phenoxy) is 1. The van der Waals surface area contributed by atoms with Gasteiger partial charge in [0.2, 0.25) is 5.91 Å². The fourth-order valence-electron chi connectivity index (χ4n) is 2.46. The summed E-state index contributed by atoms with van der Waals surface area (Å²) in [5, 5.41) is 12.2. The Hall–Kier alpha value is -1.55. The number of nitrogens with one attached hydrogen (secondary N) is 1. The SMILES string of the molecule is CCOC1CC(CC(=O)Nc2ccc(O)cc2C)C1. The van der Waals surface area contributed by atoms with Crippen LogP contribution in [0.5, 0.6) is 5.75 Å². The maximum atomic E-state index is 11.9. The standard InChI is InChI=1S/C15H21NO3/c1-3-19-13-7-11(8-13)9-15(18)16-14-5-4-12(17)6-10(14)2/h4-6,11,13,17H,3,7-9H2,1-2H3,(H,16,18). The van der Waals surface area contributed by atoms with Crippen LogP contribution in [0.25, 0.3) is 0 Å².